The zero-order valence-electron chi connectivity index (χ0n) is 26.5. The molecule has 0 aliphatic rings. The van der Waals surface area contributed by atoms with Crippen LogP contribution in [0.25, 0.3) is 76.9 Å². The molecule has 2 heterocycles. The fourth-order valence-corrected chi connectivity index (χ4v) is 7.38. The molecule has 0 fully saturated rings. The zero-order valence-corrected chi connectivity index (χ0v) is 26.5. The lowest BCUT2D eigenvalue weighted by molar-refractivity contribution is 0.668. The van der Waals surface area contributed by atoms with E-state index >= 15 is 0 Å². The molecule has 2 aromatic heterocycles. The first-order chi connectivity index (χ1) is 24.3. The van der Waals surface area contributed by atoms with E-state index in [4.69, 9.17) is 8.83 Å². The number of hydrogen-bond acceptors (Lipinski definition) is 3. The van der Waals surface area contributed by atoms with Crippen molar-refractivity contribution in [1.82, 2.24) is 0 Å². The van der Waals surface area contributed by atoms with E-state index in [9.17, 15) is 0 Å². The third kappa shape index (κ3) is 4.51. The molecule has 0 aliphatic carbocycles. The molecule has 10 aromatic rings. The predicted molar refractivity (Wildman–Crippen MR) is 204 cm³/mol. The van der Waals surface area contributed by atoms with E-state index in [0.717, 1.165) is 66.3 Å². The third-order valence-corrected chi connectivity index (χ3v) is 9.67. The second-order valence-corrected chi connectivity index (χ2v) is 12.5. The number of benzene rings is 8. The van der Waals surface area contributed by atoms with Crippen molar-refractivity contribution in [2.75, 3.05) is 4.90 Å². The molecule has 0 amide bonds. The Morgan fingerprint density at radius 2 is 0.878 bits per heavy atom. The number of nitrogens with zero attached hydrogens (tertiary/aromatic N) is 1. The Hall–Kier alpha value is -6.58. The van der Waals surface area contributed by atoms with Crippen LogP contribution in [0.15, 0.2) is 185 Å². The number of furan rings is 2. The molecule has 3 nitrogen and oxygen atoms in total. The summed E-state index contributed by atoms with van der Waals surface area (Å²) in [6.45, 7) is 0. The van der Waals surface area contributed by atoms with Crippen molar-refractivity contribution in [3.63, 3.8) is 0 Å². The van der Waals surface area contributed by atoms with Gasteiger partial charge in [0.15, 0.2) is 0 Å². The van der Waals surface area contributed by atoms with Crippen LogP contribution in [-0.4, -0.2) is 0 Å². The molecule has 49 heavy (non-hydrogen) atoms. The Balaban J connectivity index is 1.14. The molecule has 0 N–H and O–H groups in total. The number of anilines is 3. The van der Waals surface area contributed by atoms with Gasteiger partial charge in [-0.15, -0.1) is 0 Å². The molecule has 0 atom stereocenters. The summed E-state index contributed by atoms with van der Waals surface area (Å²) in [5.74, 6) is 0. The minimum absolute atomic E-state index is 0.865. The molecule has 230 valence electrons. The minimum Gasteiger partial charge on any atom is -0.456 e. The maximum atomic E-state index is 6.36. The van der Waals surface area contributed by atoms with Gasteiger partial charge in [-0.25, -0.2) is 0 Å². The maximum Gasteiger partial charge on any atom is 0.137 e. The van der Waals surface area contributed by atoms with Gasteiger partial charge in [-0.1, -0.05) is 115 Å². The number of hydrogen-bond donors (Lipinski definition) is 0. The molecular formula is C46H29NO2. The van der Waals surface area contributed by atoms with E-state index in [1.807, 2.05) is 24.3 Å². The summed E-state index contributed by atoms with van der Waals surface area (Å²) in [6.07, 6.45) is 0. The van der Waals surface area contributed by atoms with E-state index in [1.54, 1.807) is 0 Å². The molecule has 10 rings (SSSR count). The quantitative estimate of drug-likeness (QED) is 0.190. The van der Waals surface area contributed by atoms with Gasteiger partial charge in [0, 0.05) is 44.7 Å². The summed E-state index contributed by atoms with van der Waals surface area (Å²) in [6, 6.07) is 62.1. The first-order valence-electron chi connectivity index (χ1n) is 16.6. The van der Waals surface area contributed by atoms with Crippen LogP contribution < -0.4 is 4.90 Å². The smallest absolute Gasteiger partial charge is 0.137 e. The Bertz CT molecular complexity index is 2830. The summed E-state index contributed by atoms with van der Waals surface area (Å²) < 4.78 is 12.6. The van der Waals surface area contributed by atoms with Crippen molar-refractivity contribution in [2.24, 2.45) is 0 Å². The van der Waals surface area contributed by atoms with Crippen molar-refractivity contribution in [1.29, 1.82) is 0 Å². The molecule has 0 aliphatic heterocycles. The van der Waals surface area contributed by atoms with Gasteiger partial charge in [0.05, 0.1) is 0 Å². The monoisotopic (exact) mass is 627 g/mol. The fourth-order valence-electron chi connectivity index (χ4n) is 7.38. The number of para-hydroxylation sites is 2. The molecule has 0 bridgehead atoms. The van der Waals surface area contributed by atoms with Crippen LogP contribution in [0.2, 0.25) is 0 Å². The van der Waals surface area contributed by atoms with E-state index in [0.29, 0.717) is 0 Å². The second-order valence-electron chi connectivity index (χ2n) is 12.5. The first kappa shape index (κ1) is 27.5. The van der Waals surface area contributed by atoms with Crippen molar-refractivity contribution >= 4 is 71.7 Å². The fraction of sp³-hybridized carbons (Fsp3) is 0. The standard InChI is InChI=1S/C46H29NO2/c1-2-10-30(11-3-1)36-12-4-5-13-37(36)31-18-21-33(22-19-31)47(35-24-26-40-39-14-6-8-16-42(39)49-45(40)29-35)34-23-25-38-32(28-34)20-27-44-46(38)41-15-7-9-17-43(41)48-44/h1-29H. The normalized spacial score (nSPS) is 11.7. The van der Waals surface area contributed by atoms with Crippen LogP contribution in [0.1, 0.15) is 0 Å². The first-order valence-corrected chi connectivity index (χ1v) is 16.6. The lowest BCUT2D eigenvalue weighted by Gasteiger charge is -2.26. The van der Waals surface area contributed by atoms with Gasteiger partial charge in [-0.2, -0.15) is 0 Å². The van der Waals surface area contributed by atoms with E-state index in [-0.39, 0.29) is 0 Å². The summed E-state index contributed by atoms with van der Waals surface area (Å²) in [5.41, 5.74) is 11.5. The van der Waals surface area contributed by atoms with Gasteiger partial charge in [0.25, 0.3) is 0 Å². The molecule has 8 aromatic carbocycles. The SMILES string of the molecule is c1ccc(-c2ccccc2-c2ccc(N(c3ccc4c(ccc5oc6ccccc6c54)c3)c3ccc4c(c3)oc3ccccc34)cc2)cc1. The van der Waals surface area contributed by atoms with Gasteiger partial charge in [0.1, 0.15) is 22.3 Å². The van der Waals surface area contributed by atoms with Crippen molar-refractivity contribution in [3.8, 4) is 22.3 Å². The van der Waals surface area contributed by atoms with Gasteiger partial charge >= 0.3 is 0 Å². The average Bonchev–Trinajstić information content (AvgIpc) is 3.74. The highest BCUT2D eigenvalue weighted by Crippen LogP contribution is 2.42. The van der Waals surface area contributed by atoms with Gasteiger partial charge in [-0.3, -0.25) is 0 Å². The van der Waals surface area contributed by atoms with Crippen LogP contribution >= 0.6 is 0 Å². The molecular weight excluding hydrogens is 599 g/mol. The lowest BCUT2D eigenvalue weighted by Crippen LogP contribution is -2.09. The van der Waals surface area contributed by atoms with Gasteiger partial charge in [0.2, 0.25) is 0 Å². The topological polar surface area (TPSA) is 29.5 Å². The van der Waals surface area contributed by atoms with Crippen LogP contribution in [-0.2, 0) is 0 Å². The lowest BCUT2D eigenvalue weighted by atomic mass is 9.94. The Kier molecular flexibility index (Phi) is 6.18. The van der Waals surface area contributed by atoms with E-state index in [1.165, 1.54) is 27.6 Å². The maximum absolute atomic E-state index is 6.36. The van der Waals surface area contributed by atoms with Crippen molar-refractivity contribution in [2.45, 2.75) is 0 Å². The summed E-state index contributed by atoms with van der Waals surface area (Å²) >= 11 is 0. The molecule has 0 spiro atoms. The van der Waals surface area contributed by atoms with Crippen molar-refractivity contribution < 1.29 is 8.83 Å². The molecule has 0 unspecified atom stereocenters. The predicted octanol–water partition coefficient (Wildman–Crippen LogP) is 13.4. The summed E-state index contributed by atoms with van der Waals surface area (Å²) in [4.78, 5) is 2.32. The van der Waals surface area contributed by atoms with Crippen LogP contribution in [0.5, 0.6) is 0 Å². The second kappa shape index (κ2) is 11.0. The molecule has 0 radical (unpaired) electrons. The zero-order chi connectivity index (χ0) is 32.3. The summed E-state index contributed by atoms with van der Waals surface area (Å²) in [7, 11) is 0. The van der Waals surface area contributed by atoms with Crippen LogP contribution in [0.4, 0.5) is 17.1 Å². The number of fused-ring (bicyclic) bond motifs is 8. The highest BCUT2D eigenvalue weighted by molar-refractivity contribution is 6.19. The minimum atomic E-state index is 0.865. The highest BCUT2D eigenvalue weighted by atomic mass is 16.3. The van der Waals surface area contributed by atoms with Crippen LogP contribution in [0.3, 0.4) is 0 Å². The number of rotatable bonds is 5. The van der Waals surface area contributed by atoms with Gasteiger partial charge in [-0.05, 0) is 87.6 Å². The Morgan fingerprint density at radius 1 is 0.327 bits per heavy atom. The Morgan fingerprint density at radius 3 is 1.65 bits per heavy atom. The molecule has 0 saturated heterocycles. The van der Waals surface area contributed by atoms with Crippen LogP contribution in [0, 0.1) is 0 Å². The largest absolute Gasteiger partial charge is 0.456 e. The molecule has 0 saturated carbocycles. The molecule has 3 heteroatoms. The van der Waals surface area contributed by atoms with Crippen molar-refractivity contribution in [3.05, 3.63) is 176 Å². The Labute approximate surface area is 282 Å². The highest BCUT2D eigenvalue weighted by Gasteiger charge is 2.18. The summed E-state index contributed by atoms with van der Waals surface area (Å²) in [5, 5.41) is 6.84. The average molecular weight is 628 g/mol. The van der Waals surface area contributed by atoms with Gasteiger partial charge < -0.3 is 13.7 Å². The van der Waals surface area contributed by atoms with E-state index in [2.05, 4.69) is 157 Å². The third-order valence-electron chi connectivity index (χ3n) is 9.67. The van der Waals surface area contributed by atoms with E-state index < -0.39 is 0 Å².